The first kappa shape index (κ1) is 18.4. The third-order valence-corrected chi connectivity index (χ3v) is 5.53. The summed E-state index contributed by atoms with van der Waals surface area (Å²) in [4.78, 5) is 32.4. The van der Waals surface area contributed by atoms with E-state index in [1.807, 2.05) is 38.1 Å². The van der Waals surface area contributed by atoms with Gasteiger partial charge in [0, 0.05) is 23.5 Å². The standard InChI is InChI=1S/C19H24N4O2S/c1-11(2)17-21-15-8-6-5-7-14(15)18(25)23(17)10-9-16(24)22-19-20-12(3)13(4)26-19/h5-8,11,17,21H,9-10H2,1-4H3,(H,20,22,24)/t17-/m0/s1. The second kappa shape index (κ2) is 7.45. The molecule has 26 heavy (non-hydrogen) atoms. The van der Waals surface area contributed by atoms with E-state index in [0.717, 1.165) is 16.3 Å². The third kappa shape index (κ3) is 3.72. The van der Waals surface area contributed by atoms with E-state index in [2.05, 4.69) is 29.5 Å². The molecule has 2 aromatic rings. The van der Waals surface area contributed by atoms with E-state index in [4.69, 9.17) is 0 Å². The van der Waals surface area contributed by atoms with Crippen LogP contribution in [0, 0.1) is 19.8 Å². The van der Waals surface area contributed by atoms with Gasteiger partial charge >= 0.3 is 0 Å². The molecule has 1 atom stereocenters. The van der Waals surface area contributed by atoms with E-state index in [-0.39, 0.29) is 30.3 Å². The molecule has 0 saturated heterocycles. The Morgan fingerprint density at radius 2 is 2.08 bits per heavy atom. The predicted molar refractivity (Wildman–Crippen MR) is 105 cm³/mol. The van der Waals surface area contributed by atoms with Gasteiger partial charge < -0.3 is 15.5 Å². The molecule has 0 spiro atoms. The Labute approximate surface area is 157 Å². The van der Waals surface area contributed by atoms with Crippen molar-refractivity contribution in [3.05, 3.63) is 40.4 Å². The number of rotatable bonds is 5. The Kier molecular flexibility index (Phi) is 5.27. The average Bonchev–Trinajstić information content (AvgIpc) is 2.91. The van der Waals surface area contributed by atoms with Gasteiger partial charge in [-0.3, -0.25) is 9.59 Å². The van der Waals surface area contributed by atoms with Crippen LogP contribution < -0.4 is 10.6 Å². The molecule has 0 unspecified atom stereocenters. The number of hydrogen-bond acceptors (Lipinski definition) is 5. The third-order valence-electron chi connectivity index (χ3n) is 4.54. The lowest BCUT2D eigenvalue weighted by Crippen LogP contribution is -2.52. The van der Waals surface area contributed by atoms with Gasteiger partial charge in [0.15, 0.2) is 5.13 Å². The summed E-state index contributed by atoms with van der Waals surface area (Å²) in [6, 6.07) is 7.50. The van der Waals surface area contributed by atoms with Gasteiger partial charge in [-0.05, 0) is 31.9 Å². The van der Waals surface area contributed by atoms with Gasteiger partial charge in [0.1, 0.15) is 6.17 Å². The van der Waals surface area contributed by atoms with Gasteiger partial charge in [-0.15, -0.1) is 11.3 Å². The number of fused-ring (bicyclic) bond motifs is 1. The minimum Gasteiger partial charge on any atom is -0.364 e. The first-order chi connectivity index (χ1) is 12.4. The van der Waals surface area contributed by atoms with Gasteiger partial charge in [0.05, 0.1) is 11.3 Å². The normalized spacial score (nSPS) is 16.4. The van der Waals surface area contributed by atoms with E-state index >= 15 is 0 Å². The molecule has 6 nitrogen and oxygen atoms in total. The fraction of sp³-hybridized carbons (Fsp3) is 0.421. The first-order valence-electron chi connectivity index (χ1n) is 8.77. The van der Waals surface area contributed by atoms with E-state index in [9.17, 15) is 9.59 Å². The van der Waals surface area contributed by atoms with Crippen LogP contribution in [-0.2, 0) is 4.79 Å². The summed E-state index contributed by atoms with van der Waals surface area (Å²) in [5.41, 5.74) is 2.43. The zero-order valence-corrected chi connectivity index (χ0v) is 16.3. The van der Waals surface area contributed by atoms with Crippen LogP contribution in [0.2, 0.25) is 0 Å². The molecular weight excluding hydrogens is 348 g/mol. The summed E-state index contributed by atoms with van der Waals surface area (Å²) in [7, 11) is 0. The Bertz CT molecular complexity index is 811. The SMILES string of the molecule is Cc1nc(NC(=O)CCN2C(=O)c3ccccc3N[C@@H]2C(C)C)sc1C. The number of para-hydroxylation sites is 1. The number of nitrogens with one attached hydrogen (secondary N) is 2. The molecule has 2 N–H and O–H groups in total. The van der Waals surface area contributed by atoms with E-state index in [0.29, 0.717) is 17.2 Å². The second-order valence-electron chi connectivity index (χ2n) is 6.84. The maximum absolute atomic E-state index is 12.9. The molecule has 0 saturated carbocycles. The number of hydrogen-bond donors (Lipinski definition) is 2. The minimum absolute atomic E-state index is 0.0354. The lowest BCUT2D eigenvalue weighted by molar-refractivity contribution is -0.116. The molecule has 0 fully saturated rings. The summed E-state index contributed by atoms with van der Waals surface area (Å²) in [5.74, 6) is 0.0549. The number of carbonyl (C=O) groups is 2. The molecule has 1 aliphatic rings. The van der Waals surface area contributed by atoms with Crippen LogP contribution in [0.1, 0.15) is 41.2 Å². The lowest BCUT2D eigenvalue weighted by Gasteiger charge is -2.40. The van der Waals surface area contributed by atoms with Gasteiger partial charge in [-0.2, -0.15) is 0 Å². The molecule has 1 aliphatic heterocycles. The summed E-state index contributed by atoms with van der Waals surface area (Å²) in [6.45, 7) is 8.38. The first-order valence-corrected chi connectivity index (χ1v) is 9.59. The van der Waals surface area contributed by atoms with Crippen molar-refractivity contribution in [2.24, 2.45) is 5.92 Å². The van der Waals surface area contributed by atoms with E-state index < -0.39 is 0 Å². The Balaban J connectivity index is 1.69. The molecular formula is C19H24N4O2S. The molecule has 2 amide bonds. The molecule has 7 heteroatoms. The molecule has 138 valence electrons. The Morgan fingerprint density at radius 3 is 2.73 bits per heavy atom. The van der Waals surface area contributed by atoms with Crippen LogP contribution in [0.5, 0.6) is 0 Å². The van der Waals surface area contributed by atoms with Crippen molar-refractivity contribution < 1.29 is 9.59 Å². The van der Waals surface area contributed by atoms with Crippen LogP contribution in [0.25, 0.3) is 0 Å². The van der Waals surface area contributed by atoms with E-state index in [1.54, 1.807) is 4.90 Å². The van der Waals surface area contributed by atoms with Gasteiger partial charge in [-0.1, -0.05) is 26.0 Å². The fourth-order valence-corrected chi connectivity index (χ4v) is 3.84. The zero-order valence-electron chi connectivity index (χ0n) is 15.5. The molecule has 1 aromatic heterocycles. The van der Waals surface area contributed by atoms with Crippen LogP contribution >= 0.6 is 11.3 Å². The highest BCUT2D eigenvalue weighted by Crippen LogP contribution is 2.28. The number of carbonyl (C=O) groups excluding carboxylic acids is 2. The lowest BCUT2D eigenvalue weighted by atomic mass is 10.0. The highest BCUT2D eigenvalue weighted by Gasteiger charge is 2.33. The monoisotopic (exact) mass is 372 g/mol. The van der Waals surface area contributed by atoms with Crippen LogP contribution in [0.3, 0.4) is 0 Å². The number of nitrogens with zero attached hydrogens (tertiary/aromatic N) is 2. The van der Waals surface area contributed by atoms with Crippen LogP contribution in [0.15, 0.2) is 24.3 Å². The molecule has 0 aliphatic carbocycles. The molecule has 2 heterocycles. The highest BCUT2D eigenvalue weighted by atomic mass is 32.1. The number of benzene rings is 1. The number of aryl methyl sites for hydroxylation is 2. The number of aromatic nitrogens is 1. The van der Waals surface area contributed by atoms with Gasteiger partial charge in [-0.25, -0.2) is 4.98 Å². The average molecular weight is 372 g/mol. The largest absolute Gasteiger partial charge is 0.364 e. The number of amides is 2. The molecule has 0 radical (unpaired) electrons. The maximum Gasteiger partial charge on any atom is 0.257 e. The van der Waals surface area contributed by atoms with Crippen LogP contribution in [-0.4, -0.2) is 34.4 Å². The summed E-state index contributed by atoms with van der Waals surface area (Å²) < 4.78 is 0. The summed E-state index contributed by atoms with van der Waals surface area (Å²) in [5, 5.41) is 6.87. The van der Waals surface area contributed by atoms with Crippen molar-refractivity contribution in [3.63, 3.8) is 0 Å². The van der Waals surface area contributed by atoms with Gasteiger partial charge in [0.25, 0.3) is 5.91 Å². The van der Waals surface area contributed by atoms with Crippen LogP contribution in [0.4, 0.5) is 10.8 Å². The highest BCUT2D eigenvalue weighted by molar-refractivity contribution is 7.15. The van der Waals surface area contributed by atoms with Gasteiger partial charge in [0.2, 0.25) is 5.91 Å². The van der Waals surface area contributed by atoms with Crippen molar-refractivity contribution in [3.8, 4) is 0 Å². The van der Waals surface area contributed by atoms with Crippen molar-refractivity contribution in [1.29, 1.82) is 0 Å². The minimum atomic E-state index is -0.132. The number of anilines is 2. The fourth-order valence-electron chi connectivity index (χ4n) is 3.01. The smallest absolute Gasteiger partial charge is 0.257 e. The van der Waals surface area contributed by atoms with Crippen molar-refractivity contribution >= 4 is 34.0 Å². The molecule has 0 bridgehead atoms. The molecule has 1 aromatic carbocycles. The van der Waals surface area contributed by atoms with Crippen molar-refractivity contribution in [2.75, 3.05) is 17.2 Å². The summed E-state index contributed by atoms with van der Waals surface area (Å²) in [6.07, 6.45) is 0.103. The number of thiazole rings is 1. The maximum atomic E-state index is 12.9. The Morgan fingerprint density at radius 1 is 1.35 bits per heavy atom. The second-order valence-corrected chi connectivity index (χ2v) is 8.04. The Hall–Kier alpha value is -2.41. The quantitative estimate of drug-likeness (QED) is 0.840. The van der Waals surface area contributed by atoms with E-state index in [1.165, 1.54) is 11.3 Å². The topological polar surface area (TPSA) is 74.3 Å². The predicted octanol–water partition coefficient (Wildman–Crippen LogP) is 3.64. The van der Waals surface area contributed by atoms with Crippen molar-refractivity contribution in [2.45, 2.75) is 40.3 Å². The van der Waals surface area contributed by atoms with Crippen molar-refractivity contribution in [1.82, 2.24) is 9.88 Å². The molecule has 3 rings (SSSR count). The zero-order chi connectivity index (χ0) is 18.8. The summed E-state index contributed by atoms with van der Waals surface area (Å²) >= 11 is 1.46.